The van der Waals surface area contributed by atoms with E-state index in [4.69, 9.17) is 27.4 Å². The predicted octanol–water partition coefficient (Wildman–Crippen LogP) is 2.50. The van der Waals surface area contributed by atoms with Crippen LogP contribution >= 0.6 is 12.2 Å². The molecule has 0 radical (unpaired) electrons. The average Bonchev–Trinajstić information content (AvgIpc) is 2.28. The zero-order valence-corrected chi connectivity index (χ0v) is 11.3. The number of methoxy groups -OCH3 is 1. The minimum atomic E-state index is 0.344. The number of nitrogens with two attached hydrogens (primary N) is 1. The van der Waals surface area contributed by atoms with Crippen LogP contribution < -0.4 is 10.5 Å². The van der Waals surface area contributed by atoms with E-state index in [2.05, 4.69) is 13.8 Å². The van der Waals surface area contributed by atoms with Crippen molar-refractivity contribution in [2.45, 2.75) is 20.5 Å². The second kappa shape index (κ2) is 6.57. The van der Waals surface area contributed by atoms with E-state index in [-0.39, 0.29) is 0 Å². The van der Waals surface area contributed by atoms with Gasteiger partial charge in [0.25, 0.3) is 0 Å². The molecule has 94 valence electrons. The first kappa shape index (κ1) is 13.9. The van der Waals surface area contributed by atoms with Crippen molar-refractivity contribution >= 4 is 17.2 Å². The normalized spacial score (nSPS) is 10.6. The molecule has 1 aromatic rings. The second-order valence-electron chi connectivity index (χ2n) is 4.31. The lowest BCUT2D eigenvalue weighted by Gasteiger charge is -2.11. The van der Waals surface area contributed by atoms with Crippen LogP contribution in [0.1, 0.15) is 25.0 Å². The summed E-state index contributed by atoms with van der Waals surface area (Å²) in [5.41, 5.74) is 7.42. The Balaban J connectivity index is 2.72. The summed E-state index contributed by atoms with van der Waals surface area (Å²) in [5, 5.41) is 0. The van der Waals surface area contributed by atoms with Crippen molar-refractivity contribution in [1.82, 2.24) is 0 Å². The molecule has 0 saturated carbocycles. The molecule has 0 aliphatic carbocycles. The molecular weight excluding hydrogens is 234 g/mol. The van der Waals surface area contributed by atoms with Gasteiger partial charge in [0.05, 0.1) is 19.3 Å². The maximum atomic E-state index is 5.60. The highest BCUT2D eigenvalue weighted by Gasteiger charge is 2.07. The number of ether oxygens (including phenoxy) is 2. The van der Waals surface area contributed by atoms with E-state index in [9.17, 15) is 0 Å². The molecule has 0 heterocycles. The van der Waals surface area contributed by atoms with E-state index in [1.165, 1.54) is 0 Å². The van der Waals surface area contributed by atoms with E-state index in [1.807, 2.05) is 18.2 Å². The van der Waals surface area contributed by atoms with Crippen LogP contribution in [0.15, 0.2) is 18.2 Å². The summed E-state index contributed by atoms with van der Waals surface area (Å²) >= 11 is 4.95. The van der Waals surface area contributed by atoms with Gasteiger partial charge in [0, 0.05) is 6.61 Å². The zero-order valence-electron chi connectivity index (χ0n) is 10.5. The molecule has 0 bridgehead atoms. The highest BCUT2D eigenvalue weighted by Crippen LogP contribution is 2.20. The monoisotopic (exact) mass is 253 g/mol. The minimum Gasteiger partial charge on any atom is -0.496 e. The molecule has 1 rings (SSSR count). The molecule has 0 aliphatic heterocycles. The van der Waals surface area contributed by atoms with Crippen molar-refractivity contribution in [3.05, 3.63) is 29.3 Å². The van der Waals surface area contributed by atoms with Gasteiger partial charge in [-0.25, -0.2) is 0 Å². The summed E-state index contributed by atoms with van der Waals surface area (Å²) in [7, 11) is 1.61. The Kier molecular flexibility index (Phi) is 5.38. The van der Waals surface area contributed by atoms with Crippen molar-refractivity contribution in [1.29, 1.82) is 0 Å². The van der Waals surface area contributed by atoms with Crippen LogP contribution in [-0.4, -0.2) is 18.7 Å². The smallest absolute Gasteiger partial charge is 0.129 e. The maximum Gasteiger partial charge on any atom is 0.129 e. The van der Waals surface area contributed by atoms with Crippen LogP contribution in [0, 0.1) is 5.92 Å². The number of thiocarbonyl (C=S) groups is 1. The van der Waals surface area contributed by atoms with Gasteiger partial charge in [-0.15, -0.1) is 0 Å². The van der Waals surface area contributed by atoms with E-state index >= 15 is 0 Å². The van der Waals surface area contributed by atoms with Crippen molar-refractivity contribution in [3.8, 4) is 5.75 Å². The molecule has 0 unspecified atom stereocenters. The average molecular weight is 253 g/mol. The quantitative estimate of drug-likeness (QED) is 0.791. The molecule has 1 aromatic carbocycles. The Morgan fingerprint density at radius 2 is 2.12 bits per heavy atom. The molecule has 0 spiro atoms. The fourth-order valence-electron chi connectivity index (χ4n) is 1.44. The van der Waals surface area contributed by atoms with Crippen LogP contribution in [0.2, 0.25) is 0 Å². The number of hydrogen-bond donors (Lipinski definition) is 1. The van der Waals surface area contributed by atoms with E-state index in [0.29, 0.717) is 23.3 Å². The summed E-state index contributed by atoms with van der Waals surface area (Å²) in [6.07, 6.45) is 0. The van der Waals surface area contributed by atoms with Crippen molar-refractivity contribution in [3.63, 3.8) is 0 Å². The van der Waals surface area contributed by atoms with Crippen molar-refractivity contribution < 1.29 is 9.47 Å². The molecule has 17 heavy (non-hydrogen) atoms. The summed E-state index contributed by atoms with van der Waals surface area (Å²) in [4.78, 5) is 0.344. The fourth-order valence-corrected chi connectivity index (χ4v) is 1.61. The molecule has 4 heteroatoms. The van der Waals surface area contributed by atoms with Gasteiger partial charge < -0.3 is 15.2 Å². The predicted molar refractivity (Wildman–Crippen MR) is 73.4 cm³/mol. The summed E-state index contributed by atoms with van der Waals surface area (Å²) in [6.45, 7) is 5.57. The molecule has 2 N–H and O–H groups in total. The number of benzene rings is 1. The van der Waals surface area contributed by atoms with Crippen LogP contribution in [-0.2, 0) is 11.3 Å². The van der Waals surface area contributed by atoms with Crippen LogP contribution in [0.3, 0.4) is 0 Å². The Hall–Kier alpha value is -1.13. The lowest BCUT2D eigenvalue weighted by Crippen LogP contribution is -2.11. The lowest BCUT2D eigenvalue weighted by atomic mass is 10.1. The van der Waals surface area contributed by atoms with Gasteiger partial charge in [0.15, 0.2) is 0 Å². The Bertz CT molecular complexity index is 391. The van der Waals surface area contributed by atoms with Gasteiger partial charge in [-0.1, -0.05) is 32.1 Å². The molecular formula is C13H19NO2S. The Labute approximate surface area is 108 Å². The third-order valence-electron chi connectivity index (χ3n) is 2.25. The van der Waals surface area contributed by atoms with Gasteiger partial charge in [-0.2, -0.15) is 0 Å². The highest BCUT2D eigenvalue weighted by atomic mass is 32.1. The van der Waals surface area contributed by atoms with Crippen LogP contribution in [0.25, 0.3) is 0 Å². The summed E-state index contributed by atoms with van der Waals surface area (Å²) < 4.78 is 10.8. The standard InChI is InChI=1S/C13H19NO2S/c1-9(2)7-16-8-10-4-5-11(13(14)17)12(6-10)15-3/h4-6,9H,7-8H2,1-3H3,(H2,14,17). The first-order valence-corrected chi connectivity index (χ1v) is 6.00. The van der Waals surface area contributed by atoms with E-state index < -0.39 is 0 Å². The van der Waals surface area contributed by atoms with Crippen molar-refractivity contribution in [2.24, 2.45) is 11.7 Å². The highest BCUT2D eigenvalue weighted by molar-refractivity contribution is 7.80. The zero-order chi connectivity index (χ0) is 12.8. The third kappa shape index (κ3) is 4.32. The molecule has 0 aromatic heterocycles. The topological polar surface area (TPSA) is 44.5 Å². The second-order valence-corrected chi connectivity index (χ2v) is 4.75. The van der Waals surface area contributed by atoms with Gasteiger partial charge in [0.1, 0.15) is 10.7 Å². The maximum absolute atomic E-state index is 5.60. The Morgan fingerprint density at radius 1 is 1.41 bits per heavy atom. The van der Waals surface area contributed by atoms with Gasteiger partial charge in [-0.05, 0) is 23.6 Å². The first-order valence-electron chi connectivity index (χ1n) is 5.59. The van der Waals surface area contributed by atoms with Crippen LogP contribution in [0.5, 0.6) is 5.75 Å². The van der Waals surface area contributed by atoms with Crippen molar-refractivity contribution in [2.75, 3.05) is 13.7 Å². The number of hydrogen-bond acceptors (Lipinski definition) is 3. The molecule has 0 atom stereocenters. The molecule has 0 amide bonds. The van der Waals surface area contributed by atoms with Crippen LogP contribution in [0.4, 0.5) is 0 Å². The SMILES string of the molecule is COc1cc(COCC(C)C)ccc1C(N)=S. The van der Waals surface area contributed by atoms with Gasteiger partial charge in [-0.3, -0.25) is 0 Å². The van der Waals surface area contributed by atoms with E-state index in [0.717, 1.165) is 17.7 Å². The molecule has 0 aliphatic rings. The molecule has 0 fully saturated rings. The van der Waals surface area contributed by atoms with Gasteiger partial charge >= 0.3 is 0 Å². The largest absolute Gasteiger partial charge is 0.496 e. The number of rotatable bonds is 6. The Morgan fingerprint density at radius 3 is 2.65 bits per heavy atom. The summed E-state index contributed by atoms with van der Waals surface area (Å²) in [6, 6.07) is 5.74. The fraction of sp³-hybridized carbons (Fsp3) is 0.462. The van der Waals surface area contributed by atoms with Gasteiger partial charge in [0.2, 0.25) is 0 Å². The lowest BCUT2D eigenvalue weighted by molar-refractivity contribution is 0.0969. The molecule has 3 nitrogen and oxygen atoms in total. The minimum absolute atomic E-state index is 0.344. The summed E-state index contributed by atoms with van der Waals surface area (Å²) in [5.74, 6) is 1.23. The van der Waals surface area contributed by atoms with E-state index in [1.54, 1.807) is 7.11 Å². The first-order chi connectivity index (χ1) is 8.04. The third-order valence-corrected chi connectivity index (χ3v) is 2.47. The molecule has 0 saturated heterocycles.